The minimum Gasteiger partial charge on any atom is -0.477 e. The van der Waals surface area contributed by atoms with Gasteiger partial charge in [0.25, 0.3) is 5.79 Å². The molecule has 3 rings (SSSR count). The Kier molecular flexibility index (Phi) is 19.3. The summed E-state index contributed by atoms with van der Waals surface area (Å²) in [6.07, 6.45) is -32.4. The van der Waals surface area contributed by atoms with Crippen molar-refractivity contribution in [1.29, 1.82) is 0 Å². The van der Waals surface area contributed by atoms with Crippen molar-refractivity contribution in [1.82, 2.24) is 16.0 Å². The van der Waals surface area contributed by atoms with Gasteiger partial charge >= 0.3 is 5.97 Å². The third-order valence-electron chi connectivity index (χ3n) is 10.0. The number of rotatable bonds is 20. The molecule has 3 heterocycles. The quantitative estimate of drug-likeness (QED) is 0.0540. The molecule has 0 aromatic rings. The van der Waals surface area contributed by atoms with Gasteiger partial charge in [-0.3, -0.25) is 14.4 Å². The lowest BCUT2D eigenvalue weighted by Crippen LogP contribution is -2.68. The maximum atomic E-state index is 12.6. The second kappa shape index (κ2) is 22.5. The average Bonchev–Trinajstić information content (AvgIpc) is 3.19. The molecule has 20 atom stereocenters. The van der Waals surface area contributed by atoms with E-state index < -0.39 is 185 Å². The molecule has 0 radical (unpaired) electrons. The number of hydrogen-bond acceptors (Lipinski definition) is 23. The van der Waals surface area contributed by atoms with Crippen LogP contribution in [0.25, 0.3) is 0 Å². The van der Waals surface area contributed by atoms with E-state index in [4.69, 9.17) is 28.4 Å². The van der Waals surface area contributed by atoms with E-state index in [1.165, 1.54) is 0 Å². The van der Waals surface area contributed by atoms with Gasteiger partial charge in [0, 0.05) is 27.2 Å². The number of carboxylic acids is 1. The number of carbonyl (C=O) groups is 4. The predicted molar refractivity (Wildman–Crippen MR) is 188 cm³/mol. The Morgan fingerprint density at radius 2 is 1.32 bits per heavy atom. The molecule has 3 saturated heterocycles. The number of aliphatic hydroxyl groups excluding tert-OH is 13. The Morgan fingerprint density at radius 1 is 0.733 bits per heavy atom. The molecule has 60 heavy (non-hydrogen) atoms. The molecule has 0 spiro atoms. The molecule has 3 aliphatic heterocycles. The summed E-state index contributed by atoms with van der Waals surface area (Å²) in [7, 11) is 0. The molecule has 3 aliphatic rings. The second-order valence-corrected chi connectivity index (χ2v) is 14.6. The fourth-order valence-electron chi connectivity index (χ4n) is 6.95. The van der Waals surface area contributed by atoms with Gasteiger partial charge in [-0.15, -0.1) is 0 Å². The van der Waals surface area contributed by atoms with Crippen molar-refractivity contribution in [3.05, 3.63) is 0 Å². The second-order valence-electron chi connectivity index (χ2n) is 14.6. The third kappa shape index (κ3) is 12.2. The van der Waals surface area contributed by atoms with Crippen LogP contribution in [0.5, 0.6) is 0 Å². The Balaban J connectivity index is 1.88. The standard InChI is InChI=1S/C33H57N3O24/c1-10(41)34-13(5-37)27(22(48)16(46)9-55-33(32(53)54)4-14(44)19(35-11(2)42)29(60-33)21(47)15(45)6-38)58-31-26(52)25(51)28(18(8-40)57-31)59-30-20(36-12(3)43)24(50)23(49)17(7-39)56-30/h13-31,37-40,44-52H,4-9H2,1-3H3,(H,34,41)(H,35,42)(H,36,43)(H,53,54)/t13-,14-,15-,16+,17+,18+,19+,20+,21-,22-,23-,24+,25+,26+,27-,28-,29+,30+,31-,33+/m0/s1. The van der Waals surface area contributed by atoms with Crippen molar-refractivity contribution in [2.45, 2.75) is 149 Å². The smallest absolute Gasteiger partial charge is 0.364 e. The highest BCUT2D eigenvalue weighted by atomic mass is 16.7. The number of hydrogen-bond donors (Lipinski definition) is 17. The fraction of sp³-hybridized carbons (Fsp3) is 0.879. The molecule has 3 amide bonds. The lowest BCUT2D eigenvalue weighted by atomic mass is 9.88. The average molecular weight is 880 g/mol. The van der Waals surface area contributed by atoms with Crippen molar-refractivity contribution in [3.8, 4) is 0 Å². The normalized spacial score (nSPS) is 37.8. The molecule has 27 heteroatoms. The topological polar surface area (TPSA) is 443 Å². The number of aliphatic carboxylic acids is 1. The van der Waals surface area contributed by atoms with Crippen LogP contribution in [0.1, 0.15) is 27.2 Å². The van der Waals surface area contributed by atoms with Crippen LogP contribution in [-0.2, 0) is 47.6 Å². The van der Waals surface area contributed by atoms with Gasteiger partial charge in [0.15, 0.2) is 12.6 Å². The molecular weight excluding hydrogens is 822 g/mol. The molecular formula is C33H57N3O24. The summed E-state index contributed by atoms with van der Waals surface area (Å²) in [6.45, 7) is -2.18. The zero-order chi connectivity index (χ0) is 45.4. The molecule has 3 fully saturated rings. The fourth-order valence-corrected chi connectivity index (χ4v) is 6.95. The summed E-state index contributed by atoms with van der Waals surface area (Å²) >= 11 is 0. The molecule has 27 nitrogen and oxygen atoms in total. The van der Waals surface area contributed by atoms with Gasteiger partial charge in [-0.05, 0) is 0 Å². The maximum absolute atomic E-state index is 12.6. The molecule has 0 saturated carbocycles. The molecule has 348 valence electrons. The minimum atomic E-state index is -2.98. The number of ether oxygens (including phenoxy) is 6. The molecule has 0 unspecified atom stereocenters. The van der Waals surface area contributed by atoms with Gasteiger partial charge in [0.05, 0.1) is 51.2 Å². The largest absolute Gasteiger partial charge is 0.477 e. The Bertz CT molecular complexity index is 1420. The molecule has 0 bridgehead atoms. The van der Waals surface area contributed by atoms with Crippen molar-refractivity contribution in [2.75, 3.05) is 33.0 Å². The molecule has 0 aromatic carbocycles. The van der Waals surface area contributed by atoms with Gasteiger partial charge in [0.1, 0.15) is 85.4 Å². The first kappa shape index (κ1) is 51.5. The van der Waals surface area contributed by atoms with Crippen molar-refractivity contribution in [3.63, 3.8) is 0 Å². The van der Waals surface area contributed by atoms with Crippen LogP contribution in [-0.4, -0.2) is 250 Å². The predicted octanol–water partition coefficient (Wildman–Crippen LogP) is -10.5. The van der Waals surface area contributed by atoms with E-state index in [9.17, 15) is 90.7 Å². The Morgan fingerprint density at radius 3 is 1.83 bits per heavy atom. The van der Waals surface area contributed by atoms with E-state index in [2.05, 4.69) is 16.0 Å². The van der Waals surface area contributed by atoms with Crippen LogP contribution >= 0.6 is 0 Å². The monoisotopic (exact) mass is 879 g/mol. The minimum absolute atomic E-state index is 0.730. The first-order chi connectivity index (χ1) is 28.1. The number of aliphatic hydroxyl groups is 13. The van der Waals surface area contributed by atoms with Gasteiger partial charge in [0.2, 0.25) is 17.7 Å². The van der Waals surface area contributed by atoms with Crippen molar-refractivity contribution in [2.24, 2.45) is 0 Å². The van der Waals surface area contributed by atoms with Crippen LogP contribution < -0.4 is 16.0 Å². The molecule has 0 aliphatic carbocycles. The Hall–Kier alpha value is -2.88. The van der Waals surface area contributed by atoms with E-state index >= 15 is 0 Å². The van der Waals surface area contributed by atoms with Crippen LogP contribution in [0.4, 0.5) is 0 Å². The van der Waals surface area contributed by atoms with E-state index in [-0.39, 0.29) is 0 Å². The zero-order valence-corrected chi connectivity index (χ0v) is 32.6. The van der Waals surface area contributed by atoms with Gasteiger partial charge in [-0.25, -0.2) is 4.79 Å². The highest BCUT2D eigenvalue weighted by molar-refractivity contribution is 5.76. The summed E-state index contributed by atoms with van der Waals surface area (Å²) in [5.74, 6) is -7.30. The summed E-state index contributed by atoms with van der Waals surface area (Å²) < 4.78 is 33.4. The van der Waals surface area contributed by atoms with E-state index in [1.54, 1.807) is 0 Å². The Labute approximate surface area is 340 Å². The SMILES string of the molecule is CC(=O)N[C@H]1[C@@H](O[C@@H]2[C@H](O)[C@@H](O)[C@H](O[C@H]([C@@H](O)[C@H](O)CO[C@]3(C(=O)O)C[C@H](O)[C@@H](NC(C)=O)[C@H]([C@@H](O)[C@@H](O)CO)O3)[C@H](CO)NC(C)=O)O[C@@H]2CO)O[C@H](CO)[C@H](O)[C@@H]1O. The lowest BCUT2D eigenvalue weighted by Gasteiger charge is -2.48. The molecule has 0 aromatic heterocycles. The third-order valence-corrected chi connectivity index (χ3v) is 10.0. The number of amides is 3. The number of carbonyl (C=O) groups excluding carboxylic acids is 3. The van der Waals surface area contributed by atoms with Crippen LogP contribution in [0.15, 0.2) is 0 Å². The number of carboxylic acid groups (broad SMARTS) is 1. The zero-order valence-electron chi connectivity index (χ0n) is 32.6. The van der Waals surface area contributed by atoms with Gasteiger partial charge < -0.3 is 116 Å². The highest BCUT2D eigenvalue weighted by Crippen LogP contribution is 2.35. The summed E-state index contributed by atoms with van der Waals surface area (Å²) in [6, 6.07) is -4.78. The van der Waals surface area contributed by atoms with Crippen LogP contribution in [0.2, 0.25) is 0 Å². The molecule has 17 N–H and O–H groups in total. The van der Waals surface area contributed by atoms with Crippen LogP contribution in [0.3, 0.4) is 0 Å². The van der Waals surface area contributed by atoms with Crippen molar-refractivity contribution >= 4 is 23.7 Å². The van der Waals surface area contributed by atoms with Gasteiger partial charge in [-0.2, -0.15) is 0 Å². The lowest BCUT2D eigenvalue weighted by molar-refractivity contribution is -0.357. The van der Waals surface area contributed by atoms with Crippen LogP contribution in [0, 0.1) is 0 Å². The van der Waals surface area contributed by atoms with E-state index in [0.717, 1.165) is 20.8 Å². The number of nitrogens with one attached hydrogen (secondary N) is 3. The van der Waals surface area contributed by atoms with E-state index in [1.807, 2.05) is 0 Å². The maximum Gasteiger partial charge on any atom is 0.364 e. The highest BCUT2D eigenvalue weighted by Gasteiger charge is 2.57. The summed E-state index contributed by atoms with van der Waals surface area (Å²) in [5, 5.41) is 154. The van der Waals surface area contributed by atoms with E-state index in [0.29, 0.717) is 0 Å². The summed E-state index contributed by atoms with van der Waals surface area (Å²) in [4.78, 5) is 48.3. The first-order valence-corrected chi connectivity index (χ1v) is 18.6. The summed E-state index contributed by atoms with van der Waals surface area (Å²) in [5.41, 5.74) is 0. The van der Waals surface area contributed by atoms with Crippen molar-refractivity contribution < 1.29 is 119 Å². The van der Waals surface area contributed by atoms with Gasteiger partial charge in [-0.1, -0.05) is 0 Å². The first-order valence-electron chi connectivity index (χ1n) is 18.6.